The molecule has 0 heterocycles. The van der Waals surface area contributed by atoms with E-state index in [-0.39, 0.29) is 6.42 Å². The lowest BCUT2D eigenvalue weighted by molar-refractivity contribution is 0.240. The number of sulfone groups is 1. The second kappa shape index (κ2) is 3.73. The van der Waals surface area contributed by atoms with Crippen molar-refractivity contribution in [3.63, 3.8) is 0 Å². The second-order valence-electron chi connectivity index (χ2n) is 2.15. The summed E-state index contributed by atoms with van der Waals surface area (Å²) < 4.78 is 21.1. The van der Waals surface area contributed by atoms with Crippen LogP contribution < -0.4 is 0 Å². The van der Waals surface area contributed by atoms with E-state index in [2.05, 4.69) is 6.58 Å². The van der Waals surface area contributed by atoms with Gasteiger partial charge in [-0.15, -0.1) is 6.58 Å². The molecule has 0 aromatic rings. The minimum atomic E-state index is -3.27. The summed E-state index contributed by atoms with van der Waals surface area (Å²) in [7, 11) is -3.27. The highest BCUT2D eigenvalue weighted by atomic mass is 32.2. The fraction of sp³-hybridized carbons (Fsp3) is 0.667. The molecule has 0 aromatic heterocycles. The van der Waals surface area contributed by atoms with Crippen molar-refractivity contribution in [3.05, 3.63) is 12.7 Å². The lowest BCUT2D eigenvalue weighted by atomic mass is 10.3. The lowest BCUT2D eigenvalue weighted by Crippen LogP contribution is -2.18. The average Bonchev–Trinajstić information content (AvgIpc) is 1.80. The molecular weight excluding hydrogens is 152 g/mol. The van der Waals surface area contributed by atoms with Gasteiger partial charge in [-0.1, -0.05) is 6.08 Å². The van der Waals surface area contributed by atoms with Crippen LogP contribution in [0.25, 0.3) is 0 Å². The summed E-state index contributed by atoms with van der Waals surface area (Å²) in [5.41, 5.74) is -1.23. The zero-order valence-electron chi connectivity index (χ0n) is 5.95. The Balaban J connectivity index is 3.86. The fourth-order valence-corrected chi connectivity index (χ4v) is 1.04. The Morgan fingerprint density at radius 1 is 1.70 bits per heavy atom. The van der Waals surface area contributed by atoms with Crippen molar-refractivity contribution in [2.45, 2.75) is 18.3 Å². The second-order valence-corrected chi connectivity index (χ2v) is 4.35. The quantitative estimate of drug-likeness (QED) is 0.609. The predicted octanol–water partition coefficient (Wildman–Crippen LogP) is 0.316. The Morgan fingerprint density at radius 2 is 2.20 bits per heavy atom. The van der Waals surface area contributed by atoms with Gasteiger partial charge >= 0.3 is 0 Å². The van der Waals surface area contributed by atoms with E-state index in [1.54, 1.807) is 6.08 Å². The Labute approximate surface area is 61.3 Å². The van der Waals surface area contributed by atoms with Gasteiger partial charge in [0.15, 0.2) is 15.3 Å². The van der Waals surface area contributed by atoms with Gasteiger partial charge in [0.05, 0.1) is 0 Å². The molecule has 0 aromatic carbocycles. The van der Waals surface area contributed by atoms with Gasteiger partial charge in [-0.05, 0) is 12.8 Å². The number of allylic oxidation sites excluding steroid dienone is 1. The number of rotatable bonds is 4. The molecule has 0 saturated carbocycles. The molecule has 0 bridgehead atoms. The van der Waals surface area contributed by atoms with Crippen LogP contribution in [-0.2, 0) is 9.84 Å². The minimum absolute atomic E-state index is 0.238. The van der Waals surface area contributed by atoms with E-state index < -0.39 is 15.3 Å². The van der Waals surface area contributed by atoms with E-state index >= 15 is 0 Å². The molecule has 1 unspecified atom stereocenters. The summed E-state index contributed by atoms with van der Waals surface area (Å²) >= 11 is 0. The lowest BCUT2D eigenvalue weighted by Gasteiger charge is -2.04. The molecule has 60 valence electrons. The van der Waals surface area contributed by atoms with Crippen molar-refractivity contribution in [3.8, 4) is 0 Å². The first-order valence-electron chi connectivity index (χ1n) is 2.96. The molecule has 1 N–H and O–H groups in total. The van der Waals surface area contributed by atoms with Crippen molar-refractivity contribution in [2.75, 3.05) is 6.26 Å². The molecule has 1 atom stereocenters. The predicted molar refractivity (Wildman–Crippen MR) is 40.3 cm³/mol. The third kappa shape index (κ3) is 3.63. The summed E-state index contributed by atoms with van der Waals surface area (Å²) in [5, 5.41) is 8.88. The summed E-state index contributed by atoms with van der Waals surface area (Å²) in [6.45, 7) is 3.41. The molecule has 0 spiro atoms. The number of aliphatic hydroxyl groups excluding tert-OH is 1. The molecule has 0 aliphatic heterocycles. The first kappa shape index (κ1) is 9.65. The zero-order valence-corrected chi connectivity index (χ0v) is 6.76. The molecule has 0 radical (unpaired) electrons. The van der Waals surface area contributed by atoms with Crippen LogP contribution in [0, 0.1) is 0 Å². The first-order chi connectivity index (χ1) is 4.48. The van der Waals surface area contributed by atoms with Crippen LogP contribution >= 0.6 is 0 Å². The number of hydrogen-bond donors (Lipinski definition) is 1. The van der Waals surface area contributed by atoms with E-state index in [1.165, 1.54) is 0 Å². The van der Waals surface area contributed by atoms with Gasteiger partial charge in [0.2, 0.25) is 0 Å². The van der Waals surface area contributed by atoms with Gasteiger partial charge < -0.3 is 5.11 Å². The van der Waals surface area contributed by atoms with Crippen LogP contribution in [0.5, 0.6) is 0 Å². The third-order valence-electron chi connectivity index (χ3n) is 1.11. The molecular formula is C6H12O3S. The standard InChI is InChI=1S/C6H12O3S/c1-3-4-5-6(7)10(2,8)9/h3,6-7H,1,4-5H2,2H3. The maximum Gasteiger partial charge on any atom is 0.173 e. The van der Waals surface area contributed by atoms with Crippen LogP contribution in [-0.4, -0.2) is 25.2 Å². The van der Waals surface area contributed by atoms with Crippen LogP contribution in [0.15, 0.2) is 12.7 Å². The normalized spacial score (nSPS) is 14.6. The molecule has 0 saturated heterocycles. The van der Waals surface area contributed by atoms with Crippen molar-refractivity contribution < 1.29 is 13.5 Å². The highest BCUT2D eigenvalue weighted by Crippen LogP contribution is 2.03. The van der Waals surface area contributed by atoms with Crippen LogP contribution in [0.2, 0.25) is 0 Å². The molecule has 0 rings (SSSR count). The van der Waals surface area contributed by atoms with E-state index in [1.807, 2.05) is 0 Å². The van der Waals surface area contributed by atoms with E-state index in [4.69, 9.17) is 5.11 Å². The summed E-state index contributed by atoms with van der Waals surface area (Å²) in [4.78, 5) is 0. The Kier molecular flexibility index (Phi) is 3.60. The van der Waals surface area contributed by atoms with Gasteiger partial charge in [-0.2, -0.15) is 0 Å². The average molecular weight is 164 g/mol. The summed E-state index contributed by atoms with van der Waals surface area (Å²) in [6.07, 6.45) is 3.35. The van der Waals surface area contributed by atoms with Crippen molar-refractivity contribution >= 4 is 9.84 Å². The van der Waals surface area contributed by atoms with Crippen LogP contribution in [0.1, 0.15) is 12.8 Å². The van der Waals surface area contributed by atoms with Crippen molar-refractivity contribution in [1.29, 1.82) is 0 Å². The first-order valence-corrected chi connectivity index (χ1v) is 4.91. The Bertz CT molecular complexity index is 193. The van der Waals surface area contributed by atoms with E-state index in [9.17, 15) is 8.42 Å². The maximum atomic E-state index is 10.6. The largest absolute Gasteiger partial charge is 0.377 e. The van der Waals surface area contributed by atoms with Crippen LogP contribution in [0.4, 0.5) is 0 Å². The topological polar surface area (TPSA) is 54.4 Å². The highest BCUT2D eigenvalue weighted by molar-refractivity contribution is 7.91. The Morgan fingerprint density at radius 3 is 2.50 bits per heavy atom. The summed E-state index contributed by atoms with van der Waals surface area (Å²) in [6, 6.07) is 0. The SMILES string of the molecule is C=CCCC(O)S(C)(=O)=O. The van der Waals surface area contributed by atoms with Gasteiger partial charge in [0, 0.05) is 6.26 Å². The molecule has 10 heavy (non-hydrogen) atoms. The monoisotopic (exact) mass is 164 g/mol. The Hall–Kier alpha value is -0.350. The van der Waals surface area contributed by atoms with Crippen LogP contribution in [0.3, 0.4) is 0 Å². The molecule has 0 fully saturated rings. The zero-order chi connectivity index (χ0) is 8.20. The van der Waals surface area contributed by atoms with Gasteiger partial charge in [0.25, 0.3) is 0 Å². The fourth-order valence-electron chi connectivity index (χ4n) is 0.475. The van der Waals surface area contributed by atoms with Crippen molar-refractivity contribution in [1.82, 2.24) is 0 Å². The van der Waals surface area contributed by atoms with Crippen molar-refractivity contribution in [2.24, 2.45) is 0 Å². The molecule has 0 aliphatic carbocycles. The van der Waals surface area contributed by atoms with Gasteiger partial charge in [0.1, 0.15) is 0 Å². The van der Waals surface area contributed by atoms with Gasteiger partial charge in [-0.3, -0.25) is 0 Å². The molecule has 0 aliphatic rings. The van der Waals surface area contributed by atoms with Gasteiger partial charge in [-0.25, -0.2) is 8.42 Å². The highest BCUT2D eigenvalue weighted by Gasteiger charge is 2.14. The maximum absolute atomic E-state index is 10.6. The molecule has 3 nitrogen and oxygen atoms in total. The van der Waals surface area contributed by atoms with E-state index in [0.29, 0.717) is 6.42 Å². The third-order valence-corrected chi connectivity index (χ3v) is 2.34. The molecule has 4 heteroatoms. The summed E-state index contributed by atoms with van der Waals surface area (Å²) in [5.74, 6) is 0. The van der Waals surface area contributed by atoms with E-state index in [0.717, 1.165) is 6.26 Å². The molecule has 0 amide bonds. The number of aliphatic hydroxyl groups is 1. The number of hydrogen-bond acceptors (Lipinski definition) is 3. The minimum Gasteiger partial charge on any atom is -0.377 e. The smallest absolute Gasteiger partial charge is 0.173 e.